The normalized spacial score (nSPS) is 11.4. The van der Waals surface area contributed by atoms with Gasteiger partial charge in [0, 0.05) is 6.42 Å². The second kappa shape index (κ2) is 6.60. The van der Waals surface area contributed by atoms with Crippen LogP contribution in [-0.2, 0) is 9.59 Å². The van der Waals surface area contributed by atoms with Crippen molar-refractivity contribution in [2.45, 2.75) is 18.9 Å². The van der Waals surface area contributed by atoms with E-state index in [9.17, 15) is 9.59 Å². The number of aliphatic hydroxyl groups excluding tert-OH is 1. The minimum absolute atomic E-state index is 0. The third-order valence-electron chi connectivity index (χ3n) is 0.917. The Balaban J connectivity index is 0. The van der Waals surface area contributed by atoms with Crippen molar-refractivity contribution in [1.82, 2.24) is 0 Å². The first-order valence-electron chi connectivity index (χ1n) is 2.66. The second-order valence-corrected chi connectivity index (χ2v) is 1.79. The summed E-state index contributed by atoms with van der Waals surface area (Å²) < 4.78 is 0. The zero-order chi connectivity index (χ0) is 8.15. The molecule has 0 saturated carbocycles. The zero-order valence-electron chi connectivity index (χ0n) is 5.15. The molecule has 0 aromatic heterocycles. The number of rotatable bonds is 4. The van der Waals surface area contributed by atoms with Crippen LogP contribution in [0.1, 0.15) is 12.8 Å². The molecule has 0 aliphatic carbocycles. The van der Waals surface area contributed by atoms with E-state index >= 15 is 0 Å². The van der Waals surface area contributed by atoms with Crippen molar-refractivity contribution in [1.29, 1.82) is 0 Å². The molecule has 0 radical (unpaired) electrons. The summed E-state index contributed by atoms with van der Waals surface area (Å²) >= 11 is 0. The molecule has 0 amide bonds. The summed E-state index contributed by atoms with van der Waals surface area (Å²) in [4.78, 5) is 19.7. The SMILES string of the molecule is O=C(O)CC[C@@H](O)C(=O)O.[NaH]. The van der Waals surface area contributed by atoms with Crippen molar-refractivity contribution in [3.05, 3.63) is 0 Å². The van der Waals surface area contributed by atoms with Gasteiger partial charge in [0.15, 0.2) is 6.10 Å². The van der Waals surface area contributed by atoms with Gasteiger partial charge in [-0.3, -0.25) is 4.79 Å². The van der Waals surface area contributed by atoms with E-state index in [1.807, 2.05) is 0 Å². The van der Waals surface area contributed by atoms with Crippen molar-refractivity contribution in [2.75, 3.05) is 0 Å². The zero-order valence-corrected chi connectivity index (χ0v) is 5.15. The molecule has 0 aromatic rings. The van der Waals surface area contributed by atoms with E-state index in [4.69, 9.17) is 15.3 Å². The molecule has 0 unspecified atom stereocenters. The first kappa shape index (κ1) is 13.5. The fourth-order valence-electron chi connectivity index (χ4n) is 0.384. The average molecular weight is 172 g/mol. The monoisotopic (exact) mass is 172 g/mol. The molecule has 0 heterocycles. The summed E-state index contributed by atoms with van der Waals surface area (Å²) in [7, 11) is 0. The number of aliphatic carboxylic acids is 2. The van der Waals surface area contributed by atoms with Crippen LogP contribution < -0.4 is 0 Å². The van der Waals surface area contributed by atoms with E-state index in [0.717, 1.165) is 0 Å². The maximum atomic E-state index is 9.87. The van der Waals surface area contributed by atoms with Crippen molar-refractivity contribution in [2.24, 2.45) is 0 Å². The molecule has 6 heteroatoms. The van der Waals surface area contributed by atoms with E-state index in [1.54, 1.807) is 0 Å². The molecule has 5 nitrogen and oxygen atoms in total. The van der Waals surface area contributed by atoms with Gasteiger partial charge in [-0.15, -0.1) is 0 Å². The topological polar surface area (TPSA) is 94.8 Å². The molecular formula is C5H9NaO5. The first-order valence-corrected chi connectivity index (χ1v) is 2.66. The third kappa shape index (κ3) is 7.80. The molecule has 0 aliphatic heterocycles. The molecule has 0 aliphatic rings. The molecular weight excluding hydrogens is 163 g/mol. The van der Waals surface area contributed by atoms with Crippen molar-refractivity contribution in [3.8, 4) is 0 Å². The van der Waals surface area contributed by atoms with Crippen molar-refractivity contribution >= 4 is 41.5 Å². The van der Waals surface area contributed by atoms with Gasteiger partial charge in [-0.25, -0.2) is 4.79 Å². The number of carboxylic acid groups (broad SMARTS) is 2. The summed E-state index contributed by atoms with van der Waals surface area (Å²) in [5, 5.41) is 24.6. The van der Waals surface area contributed by atoms with Crippen LogP contribution in [0.4, 0.5) is 0 Å². The minimum atomic E-state index is -1.56. The Morgan fingerprint density at radius 3 is 2.00 bits per heavy atom. The van der Waals surface area contributed by atoms with Crippen LogP contribution in [0.15, 0.2) is 0 Å². The maximum absolute atomic E-state index is 9.87. The molecule has 0 spiro atoms. The summed E-state index contributed by atoms with van der Waals surface area (Å²) in [6.45, 7) is 0. The summed E-state index contributed by atoms with van der Waals surface area (Å²) in [6.07, 6.45) is -2.13. The fourth-order valence-corrected chi connectivity index (χ4v) is 0.384. The molecule has 0 fully saturated rings. The van der Waals surface area contributed by atoms with E-state index in [0.29, 0.717) is 0 Å². The third-order valence-corrected chi connectivity index (χ3v) is 0.917. The van der Waals surface area contributed by atoms with Gasteiger partial charge in [-0.05, 0) is 6.42 Å². The Morgan fingerprint density at radius 1 is 1.27 bits per heavy atom. The van der Waals surface area contributed by atoms with Crippen LogP contribution in [-0.4, -0.2) is 62.9 Å². The van der Waals surface area contributed by atoms with Gasteiger partial charge in [0.25, 0.3) is 0 Å². The molecule has 0 aromatic carbocycles. The number of hydrogen-bond acceptors (Lipinski definition) is 3. The Bertz CT molecular complexity index is 146. The molecule has 3 N–H and O–H groups in total. The Labute approximate surface area is 85.3 Å². The van der Waals surface area contributed by atoms with Gasteiger partial charge in [0.2, 0.25) is 0 Å². The second-order valence-electron chi connectivity index (χ2n) is 1.79. The molecule has 0 bridgehead atoms. The molecule has 1 atom stereocenters. The van der Waals surface area contributed by atoms with E-state index in [-0.39, 0.29) is 42.4 Å². The van der Waals surface area contributed by atoms with Gasteiger partial charge >= 0.3 is 41.5 Å². The number of carboxylic acids is 2. The summed E-state index contributed by atoms with van der Waals surface area (Å²) in [5.74, 6) is -2.50. The Morgan fingerprint density at radius 2 is 1.73 bits per heavy atom. The van der Waals surface area contributed by atoms with Crippen LogP contribution in [0, 0.1) is 0 Å². The van der Waals surface area contributed by atoms with Crippen LogP contribution >= 0.6 is 0 Å². The molecule has 0 rings (SSSR count). The van der Waals surface area contributed by atoms with Crippen LogP contribution in [0.25, 0.3) is 0 Å². The molecule has 0 saturated heterocycles. The quantitative estimate of drug-likeness (QED) is 0.455. The van der Waals surface area contributed by atoms with E-state index in [1.165, 1.54) is 0 Å². The predicted octanol–water partition coefficient (Wildman–Crippen LogP) is -1.35. The number of aliphatic hydroxyl groups is 1. The first-order chi connectivity index (χ1) is 4.54. The van der Waals surface area contributed by atoms with E-state index < -0.39 is 18.0 Å². The standard InChI is InChI=1S/C5H8O5.Na.H/c6-3(5(9)10)1-2-4(7)8;;/h3,6H,1-2H2,(H,7,8)(H,9,10);;/t3-;;/m1../s1. The number of carbonyl (C=O) groups is 2. The molecule has 11 heavy (non-hydrogen) atoms. The van der Waals surface area contributed by atoms with Crippen molar-refractivity contribution in [3.63, 3.8) is 0 Å². The fraction of sp³-hybridized carbons (Fsp3) is 0.600. The van der Waals surface area contributed by atoms with E-state index in [2.05, 4.69) is 0 Å². The molecule has 60 valence electrons. The summed E-state index contributed by atoms with van der Waals surface area (Å²) in [6, 6.07) is 0. The Hall–Kier alpha value is -0.100. The number of hydrogen-bond donors (Lipinski definition) is 3. The van der Waals surface area contributed by atoms with Crippen LogP contribution in [0.3, 0.4) is 0 Å². The average Bonchev–Trinajstić information content (AvgIpc) is 1.82. The van der Waals surface area contributed by atoms with Gasteiger partial charge in [-0.1, -0.05) is 0 Å². The van der Waals surface area contributed by atoms with Gasteiger partial charge in [-0.2, -0.15) is 0 Å². The van der Waals surface area contributed by atoms with Gasteiger partial charge in [0.05, 0.1) is 0 Å². The van der Waals surface area contributed by atoms with Crippen LogP contribution in [0.5, 0.6) is 0 Å². The summed E-state index contributed by atoms with van der Waals surface area (Å²) in [5.41, 5.74) is 0. The van der Waals surface area contributed by atoms with Crippen molar-refractivity contribution < 1.29 is 24.9 Å². The Kier molecular flexibility index (Phi) is 8.09. The predicted molar refractivity (Wildman–Crippen MR) is 37.7 cm³/mol. The van der Waals surface area contributed by atoms with Gasteiger partial charge < -0.3 is 15.3 Å². The van der Waals surface area contributed by atoms with Gasteiger partial charge in [0.1, 0.15) is 0 Å². The van der Waals surface area contributed by atoms with Crippen LogP contribution in [0.2, 0.25) is 0 Å².